The van der Waals surface area contributed by atoms with Crippen LogP contribution in [0.2, 0.25) is 0 Å². The van der Waals surface area contributed by atoms with Crippen LogP contribution >= 0.6 is 0 Å². The number of hydrogen-bond donors (Lipinski definition) is 0. The lowest BCUT2D eigenvalue weighted by atomic mass is 9.80. The fourth-order valence-corrected chi connectivity index (χ4v) is 1.92. The lowest BCUT2D eigenvalue weighted by Crippen LogP contribution is -2.41. The topological polar surface area (TPSA) is 31.4 Å². The molecule has 2 rings (SSSR count). The molecule has 0 aromatic carbocycles. The molecule has 0 unspecified atom stereocenters. The zero-order valence-electron chi connectivity index (χ0n) is 13.3. The van der Waals surface area contributed by atoms with Crippen molar-refractivity contribution in [1.82, 2.24) is 4.98 Å². The van der Waals surface area contributed by atoms with E-state index in [1.54, 1.807) is 0 Å². The van der Waals surface area contributed by atoms with Gasteiger partial charge in [-0.25, -0.2) is 0 Å². The molecule has 1 fully saturated rings. The molecule has 1 aromatic rings. The van der Waals surface area contributed by atoms with Gasteiger partial charge in [-0.15, -0.1) is 0 Å². The van der Waals surface area contributed by atoms with Crippen LogP contribution in [0.15, 0.2) is 24.4 Å². The van der Waals surface area contributed by atoms with Gasteiger partial charge < -0.3 is 9.31 Å². The predicted octanol–water partition coefficient (Wildman–Crippen LogP) is 3.05. The lowest BCUT2D eigenvalue weighted by Gasteiger charge is -2.32. The summed E-state index contributed by atoms with van der Waals surface area (Å²) in [7, 11) is -0.337. The molecule has 0 amide bonds. The lowest BCUT2D eigenvalue weighted by molar-refractivity contribution is 0.00578. The van der Waals surface area contributed by atoms with Crippen molar-refractivity contribution in [3.8, 4) is 0 Å². The number of hydrogen-bond acceptors (Lipinski definition) is 3. The second kappa shape index (κ2) is 5.34. The van der Waals surface area contributed by atoms with Crippen molar-refractivity contribution in [2.24, 2.45) is 5.92 Å². The summed E-state index contributed by atoms with van der Waals surface area (Å²) in [6.45, 7) is 12.5. The quantitative estimate of drug-likeness (QED) is 0.793. The molecule has 1 saturated heterocycles. The van der Waals surface area contributed by atoms with E-state index in [4.69, 9.17) is 9.31 Å². The Bertz CT molecular complexity index is 476. The first-order valence-corrected chi connectivity index (χ1v) is 7.21. The summed E-state index contributed by atoms with van der Waals surface area (Å²) in [5.74, 6) is 0.527. The van der Waals surface area contributed by atoms with Crippen molar-refractivity contribution in [1.29, 1.82) is 0 Å². The largest absolute Gasteiger partial charge is 0.496 e. The maximum atomic E-state index is 6.01. The van der Waals surface area contributed by atoms with Gasteiger partial charge in [0.05, 0.1) is 16.9 Å². The fourth-order valence-electron chi connectivity index (χ4n) is 1.92. The van der Waals surface area contributed by atoms with Crippen LogP contribution in [0.5, 0.6) is 0 Å². The zero-order chi connectivity index (χ0) is 15.0. The van der Waals surface area contributed by atoms with Gasteiger partial charge >= 0.3 is 7.12 Å². The average molecular weight is 273 g/mol. The molecule has 0 spiro atoms. The van der Waals surface area contributed by atoms with Crippen molar-refractivity contribution in [3.05, 3.63) is 30.1 Å². The second-order valence-electron chi connectivity index (χ2n) is 6.71. The highest BCUT2D eigenvalue weighted by Crippen LogP contribution is 2.36. The Morgan fingerprint density at radius 2 is 1.70 bits per heavy atom. The third-order valence-corrected chi connectivity index (χ3v) is 3.99. The van der Waals surface area contributed by atoms with E-state index in [-0.39, 0.29) is 18.3 Å². The molecule has 0 N–H and O–H groups in total. The molecule has 2 heterocycles. The van der Waals surface area contributed by atoms with Gasteiger partial charge in [-0.1, -0.05) is 26.0 Å². The van der Waals surface area contributed by atoms with Gasteiger partial charge in [-0.3, -0.25) is 4.98 Å². The van der Waals surface area contributed by atoms with E-state index in [1.807, 2.05) is 24.4 Å². The van der Waals surface area contributed by atoms with E-state index in [0.717, 1.165) is 11.2 Å². The van der Waals surface area contributed by atoms with E-state index in [1.165, 1.54) is 0 Å². The first-order chi connectivity index (χ1) is 9.21. The number of nitrogens with zero attached hydrogens (tertiary/aromatic N) is 1. The molecule has 1 aliphatic heterocycles. The molecule has 0 saturated carbocycles. The minimum atomic E-state index is -0.337. The van der Waals surface area contributed by atoms with Crippen LogP contribution in [0.4, 0.5) is 0 Å². The van der Waals surface area contributed by atoms with Crippen molar-refractivity contribution in [3.63, 3.8) is 0 Å². The number of rotatable bonds is 3. The van der Waals surface area contributed by atoms with E-state index >= 15 is 0 Å². The zero-order valence-corrected chi connectivity index (χ0v) is 13.3. The van der Waals surface area contributed by atoms with E-state index in [0.29, 0.717) is 5.92 Å². The first kappa shape index (κ1) is 15.3. The predicted molar refractivity (Wildman–Crippen MR) is 83.8 cm³/mol. The minimum Gasteiger partial charge on any atom is -0.399 e. The molecule has 3 nitrogen and oxygen atoms in total. The second-order valence-corrected chi connectivity index (χ2v) is 6.71. The SMILES string of the molecule is CC(C)C=Cc1ccc(B2OC(C)(C)C(C)(C)O2)cn1. The van der Waals surface area contributed by atoms with Crippen LogP contribution in [0, 0.1) is 5.92 Å². The van der Waals surface area contributed by atoms with Crippen LogP contribution in [-0.2, 0) is 9.31 Å². The summed E-state index contributed by atoms with van der Waals surface area (Å²) in [4.78, 5) is 4.44. The number of pyridine rings is 1. The van der Waals surface area contributed by atoms with Gasteiger partial charge in [0.15, 0.2) is 0 Å². The standard InChI is InChI=1S/C16H24BNO2/c1-12(2)7-9-14-10-8-13(11-18-14)17-19-15(3,4)16(5,6)20-17/h7-12H,1-6H3. The maximum Gasteiger partial charge on any atom is 0.496 e. The Kier molecular flexibility index (Phi) is 4.08. The smallest absolute Gasteiger partial charge is 0.399 e. The molecule has 20 heavy (non-hydrogen) atoms. The highest BCUT2D eigenvalue weighted by Gasteiger charge is 2.51. The van der Waals surface area contributed by atoms with Gasteiger partial charge in [-0.05, 0) is 45.8 Å². The maximum absolute atomic E-state index is 6.01. The summed E-state index contributed by atoms with van der Waals surface area (Å²) in [5.41, 5.74) is 1.30. The number of aromatic nitrogens is 1. The monoisotopic (exact) mass is 273 g/mol. The highest BCUT2D eigenvalue weighted by molar-refractivity contribution is 6.62. The molecule has 0 aliphatic carbocycles. The minimum absolute atomic E-state index is 0.312. The van der Waals surface area contributed by atoms with E-state index < -0.39 is 0 Å². The Morgan fingerprint density at radius 3 is 2.15 bits per heavy atom. The molecule has 1 aromatic heterocycles. The molecule has 108 valence electrons. The average Bonchev–Trinajstić information content (AvgIpc) is 2.56. The highest BCUT2D eigenvalue weighted by atomic mass is 16.7. The molecule has 0 atom stereocenters. The molecular weight excluding hydrogens is 249 g/mol. The molecule has 0 radical (unpaired) electrons. The van der Waals surface area contributed by atoms with E-state index in [2.05, 4.69) is 52.6 Å². The summed E-state index contributed by atoms with van der Waals surface area (Å²) < 4.78 is 12.0. The van der Waals surface area contributed by atoms with Crippen molar-refractivity contribution in [2.45, 2.75) is 52.7 Å². The van der Waals surface area contributed by atoms with Crippen molar-refractivity contribution < 1.29 is 9.31 Å². The Balaban J connectivity index is 2.12. The van der Waals surface area contributed by atoms with Crippen molar-refractivity contribution in [2.75, 3.05) is 0 Å². The third kappa shape index (κ3) is 3.13. The molecule has 4 heteroatoms. The summed E-state index contributed by atoms with van der Waals surface area (Å²) in [6, 6.07) is 4.02. The third-order valence-electron chi connectivity index (χ3n) is 3.99. The summed E-state index contributed by atoms with van der Waals surface area (Å²) >= 11 is 0. The Hall–Kier alpha value is -1.13. The van der Waals surface area contributed by atoms with Crippen LogP contribution in [0.3, 0.4) is 0 Å². The molecule has 0 bridgehead atoms. The van der Waals surface area contributed by atoms with Gasteiger partial charge in [0.25, 0.3) is 0 Å². The van der Waals surface area contributed by atoms with Gasteiger partial charge in [0.2, 0.25) is 0 Å². The van der Waals surface area contributed by atoms with E-state index in [9.17, 15) is 0 Å². The Labute approximate surface area is 122 Å². The van der Waals surface area contributed by atoms with Gasteiger partial charge in [0.1, 0.15) is 0 Å². The van der Waals surface area contributed by atoms with Crippen LogP contribution in [0.1, 0.15) is 47.2 Å². The van der Waals surface area contributed by atoms with Crippen LogP contribution in [0.25, 0.3) is 6.08 Å². The van der Waals surface area contributed by atoms with Crippen molar-refractivity contribution >= 4 is 18.7 Å². The summed E-state index contributed by atoms with van der Waals surface area (Å²) in [5, 5.41) is 0. The summed E-state index contributed by atoms with van der Waals surface area (Å²) in [6.07, 6.45) is 6.01. The number of allylic oxidation sites excluding steroid dienone is 1. The van der Waals surface area contributed by atoms with Gasteiger partial charge in [0, 0.05) is 11.7 Å². The Morgan fingerprint density at radius 1 is 1.10 bits per heavy atom. The normalized spacial score (nSPS) is 21.1. The van der Waals surface area contributed by atoms with Gasteiger partial charge in [-0.2, -0.15) is 0 Å². The molecule has 1 aliphatic rings. The fraction of sp³-hybridized carbons (Fsp3) is 0.562. The first-order valence-electron chi connectivity index (χ1n) is 7.21. The van der Waals surface area contributed by atoms with Crippen LogP contribution in [-0.4, -0.2) is 23.3 Å². The van der Waals surface area contributed by atoms with Crippen LogP contribution < -0.4 is 5.46 Å². The molecular formula is C16H24BNO2.